The number of nitrogen functional groups attached to an aromatic ring is 1. The number of methoxy groups -OCH3 is 1. The van der Waals surface area contributed by atoms with Gasteiger partial charge in [-0.25, -0.2) is 0 Å². The molecule has 2 aromatic carbocycles. The van der Waals surface area contributed by atoms with Crippen LogP contribution in [0.1, 0.15) is 0 Å². The van der Waals surface area contributed by atoms with Gasteiger partial charge in [0.25, 0.3) is 5.89 Å². The number of nitrogens with two attached hydrogens (primary N) is 1. The maximum atomic E-state index is 6.13. The molecule has 0 aliphatic heterocycles. The highest BCUT2D eigenvalue weighted by Gasteiger charge is 2.13. The molecule has 2 N–H and O–H groups in total. The fourth-order valence-electron chi connectivity index (χ4n) is 1.90. The summed E-state index contributed by atoms with van der Waals surface area (Å²) in [6, 6.07) is 12.5. The summed E-state index contributed by atoms with van der Waals surface area (Å²) in [6.45, 7) is 0. The van der Waals surface area contributed by atoms with Crippen LogP contribution in [0.15, 0.2) is 47.0 Å². The maximum absolute atomic E-state index is 6.13. The predicted molar refractivity (Wildman–Crippen MR) is 81.1 cm³/mol. The number of anilines is 1. The van der Waals surface area contributed by atoms with Crippen LogP contribution in [0.3, 0.4) is 0 Å². The number of nitrogens with zero attached hydrogens (tertiary/aromatic N) is 2. The molecule has 0 radical (unpaired) electrons. The number of hydrogen-bond donors (Lipinski definition) is 1. The highest BCUT2D eigenvalue weighted by atomic mass is 35.5. The first-order valence-corrected chi connectivity index (χ1v) is 6.58. The zero-order chi connectivity index (χ0) is 14.8. The minimum Gasteiger partial charge on any atom is -0.497 e. The SMILES string of the molecule is COc1ccc(-c2noc(-c3ccc(N)cc3Cl)n2)cc1. The summed E-state index contributed by atoms with van der Waals surface area (Å²) >= 11 is 6.13. The monoisotopic (exact) mass is 301 g/mol. The molecule has 0 aliphatic rings. The minimum atomic E-state index is 0.353. The van der Waals surface area contributed by atoms with Gasteiger partial charge in [0.15, 0.2) is 0 Å². The highest BCUT2D eigenvalue weighted by molar-refractivity contribution is 6.33. The molecule has 0 bridgehead atoms. The number of rotatable bonds is 3. The van der Waals surface area contributed by atoms with Crippen molar-refractivity contribution in [3.05, 3.63) is 47.5 Å². The van der Waals surface area contributed by atoms with E-state index in [1.54, 1.807) is 25.3 Å². The summed E-state index contributed by atoms with van der Waals surface area (Å²) in [4.78, 5) is 4.35. The Balaban J connectivity index is 1.95. The third kappa shape index (κ3) is 2.68. The molecule has 0 unspecified atom stereocenters. The summed E-state index contributed by atoms with van der Waals surface area (Å²) in [6.07, 6.45) is 0. The Labute approximate surface area is 126 Å². The van der Waals surface area contributed by atoms with Crippen molar-refractivity contribution >= 4 is 17.3 Å². The van der Waals surface area contributed by atoms with Gasteiger partial charge in [-0.2, -0.15) is 4.98 Å². The van der Waals surface area contributed by atoms with Crippen molar-refractivity contribution in [1.29, 1.82) is 0 Å². The number of hydrogen-bond acceptors (Lipinski definition) is 5. The largest absolute Gasteiger partial charge is 0.497 e. The highest BCUT2D eigenvalue weighted by Crippen LogP contribution is 2.30. The van der Waals surface area contributed by atoms with Crippen LogP contribution in [-0.2, 0) is 0 Å². The standard InChI is InChI=1S/C15H12ClN3O2/c1-20-11-5-2-9(3-6-11)14-18-15(21-19-14)12-7-4-10(17)8-13(12)16/h2-8H,17H2,1H3. The number of ether oxygens (including phenoxy) is 1. The lowest BCUT2D eigenvalue weighted by atomic mass is 10.2. The second kappa shape index (κ2) is 5.46. The summed E-state index contributed by atoms with van der Waals surface area (Å²) < 4.78 is 10.4. The lowest BCUT2D eigenvalue weighted by Crippen LogP contribution is -1.86. The van der Waals surface area contributed by atoms with Crippen LogP contribution in [0.4, 0.5) is 5.69 Å². The molecule has 106 valence electrons. The molecule has 1 aromatic heterocycles. The predicted octanol–water partition coefficient (Wildman–Crippen LogP) is 3.65. The van der Waals surface area contributed by atoms with Gasteiger partial charge in [-0.3, -0.25) is 0 Å². The number of halogens is 1. The molecule has 1 heterocycles. The number of benzene rings is 2. The van der Waals surface area contributed by atoms with Crippen LogP contribution in [0.2, 0.25) is 5.02 Å². The zero-order valence-electron chi connectivity index (χ0n) is 11.2. The Morgan fingerprint density at radius 3 is 2.57 bits per heavy atom. The molecule has 0 spiro atoms. The molecule has 0 atom stereocenters. The fourth-order valence-corrected chi connectivity index (χ4v) is 2.16. The van der Waals surface area contributed by atoms with Crippen molar-refractivity contribution in [2.24, 2.45) is 0 Å². The number of aromatic nitrogens is 2. The van der Waals surface area contributed by atoms with Gasteiger partial charge >= 0.3 is 0 Å². The van der Waals surface area contributed by atoms with Gasteiger partial charge in [-0.15, -0.1) is 0 Å². The van der Waals surface area contributed by atoms with E-state index in [1.807, 2.05) is 24.3 Å². The van der Waals surface area contributed by atoms with E-state index in [0.29, 0.717) is 28.0 Å². The Kier molecular flexibility index (Phi) is 3.50. The quantitative estimate of drug-likeness (QED) is 0.747. The average molecular weight is 302 g/mol. The minimum absolute atomic E-state index is 0.353. The van der Waals surface area contributed by atoms with Crippen LogP contribution in [0.25, 0.3) is 22.8 Å². The molecule has 0 aliphatic carbocycles. The molecule has 0 fully saturated rings. The summed E-state index contributed by atoms with van der Waals surface area (Å²) in [5, 5.41) is 4.44. The second-order valence-corrected chi connectivity index (χ2v) is 4.80. The van der Waals surface area contributed by atoms with E-state index < -0.39 is 0 Å². The van der Waals surface area contributed by atoms with Crippen molar-refractivity contribution in [3.63, 3.8) is 0 Å². The molecule has 3 aromatic rings. The van der Waals surface area contributed by atoms with Crippen molar-refractivity contribution in [1.82, 2.24) is 10.1 Å². The van der Waals surface area contributed by atoms with Gasteiger partial charge in [0.1, 0.15) is 5.75 Å². The molecule has 5 nitrogen and oxygen atoms in total. The van der Waals surface area contributed by atoms with E-state index in [4.69, 9.17) is 26.6 Å². The van der Waals surface area contributed by atoms with Gasteiger partial charge < -0.3 is 15.0 Å². The van der Waals surface area contributed by atoms with Crippen LogP contribution in [0.5, 0.6) is 5.75 Å². The average Bonchev–Trinajstić information content (AvgIpc) is 2.97. The lowest BCUT2D eigenvalue weighted by molar-refractivity contribution is 0.415. The van der Waals surface area contributed by atoms with Crippen molar-refractivity contribution in [2.45, 2.75) is 0 Å². The van der Waals surface area contributed by atoms with Gasteiger partial charge in [-0.1, -0.05) is 16.8 Å². The maximum Gasteiger partial charge on any atom is 0.259 e. The second-order valence-electron chi connectivity index (χ2n) is 4.39. The summed E-state index contributed by atoms with van der Waals surface area (Å²) in [5.74, 6) is 1.61. The van der Waals surface area contributed by atoms with Crippen molar-refractivity contribution < 1.29 is 9.26 Å². The Morgan fingerprint density at radius 2 is 1.90 bits per heavy atom. The van der Waals surface area contributed by atoms with Gasteiger partial charge in [0.2, 0.25) is 5.82 Å². The molecule has 0 saturated carbocycles. The zero-order valence-corrected chi connectivity index (χ0v) is 12.0. The van der Waals surface area contributed by atoms with E-state index in [0.717, 1.165) is 11.3 Å². The molecule has 3 rings (SSSR count). The van der Waals surface area contributed by atoms with E-state index in [-0.39, 0.29) is 0 Å². The molecule has 21 heavy (non-hydrogen) atoms. The Bertz CT molecular complexity index is 769. The third-order valence-electron chi connectivity index (χ3n) is 3.00. The topological polar surface area (TPSA) is 74.2 Å². The van der Waals surface area contributed by atoms with Gasteiger partial charge in [-0.05, 0) is 42.5 Å². The van der Waals surface area contributed by atoms with Gasteiger partial charge in [0, 0.05) is 11.3 Å². The molecule has 6 heteroatoms. The van der Waals surface area contributed by atoms with Gasteiger partial charge in [0.05, 0.1) is 17.7 Å². The van der Waals surface area contributed by atoms with Crippen LogP contribution in [-0.4, -0.2) is 17.3 Å². The van der Waals surface area contributed by atoms with Crippen LogP contribution in [0, 0.1) is 0 Å². The Hall–Kier alpha value is -2.53. The molecular formula is C15H12ClN3O2. The first kappa shape index (κ1) is 13.5. The summed E-state index contributed by atoms with van der Waals surface area (Å²) in [5.41, 5.74) is 7.73. The lowest BCUT2D eigenvalue weighted by Gasteiger charge is -2.00. The Morgan fingerprint density at radius 1 is 1.14 bits per heavy atom. The molecule has 0 amide bonds. The van der Waals surface area contributed by atoms with Crippen molar-refractivity contribution in [2.75, 3.05) is 12.8 Å². The smallest absolute Gasteiger partial charge is 0.259 e. The van der Waals surface area contributed by atoms with E-state index in [2.05, 4.69) is 10.1 Å². The third-order valence-corrected chi connectivity index (χ3v) is 3.31. The van der Waals surface area contributed by atoms with Crippen LogP contribution >= 0.6 is 11.6 Å². The van der Waals surface area contributed by atoms with E-state index in [9.17, 15) is 0 Å². The molecular weight excluding hydrogens is 290 g/mol. The molecule has 0 saturated heterocycles. The van der Waals surface area contributed by atoms with Crippen LogP contribution < -0.4 is 10.5 Å². The van der Waals surface area contributed by atoms with E-state index >= 15 is 0 Å². The normalized spacial score (nSPS) is 10.6. The first-order chi connectivity index (χ1) is 10.2. The van der Waals surface area contributed by atoms with E-state index in [1.165, 1.54) is 0 Å². The van der Waals surface area contributed by atoms with Crippen molar-refractivity contribution in [3.8, 4) is 28.6 Å². The first-order valence-electron chi connectivity index (χ1n) is 6.21. The summed E-state index contributed by atoms with van der Waals surface area (Å²) in [7, 11) is 1.62. The fraction of sp³-hybridized carbons (Fsp3) is 0.0667.